The Balaban J connectivity index is 1.54. The molecule has 4 rings (SSSR count). The van der Waals surface area contributed by atoms with Crippen LogP contribution in [0.1, 0.15) is 24.8 Å². The number of hydrogen-bond acceptors (Lipinski definition) is 6. The van der Waals surface area contributed by atoms with Crippen LogP contribution in [0.25, 0.3) is 11.3 Å². The number of nitrogens with zero attached hydrogens (tertiary/aromatic N) is 2. The summed E-state index contributed by atoms with van der Waals surface area (Å²) in [5.41, 5.74) is 2.33. The van der Waals surface area contributed by atoms with E-state index in [1.54, 1.807) is 18.3 Å². The molecular formula is C20H23N3O4S. The second-order valence-corrected chi connectivity index (χ2v) is 8.12. The van der Waals surface area contributed by atoms with E-state index in [-0.39, 0.29) is 24.5 Å². The van der Waals surface area contributed by atoms with E-state index in [4.69, 9.17) is 9.47 Å². The maximum atomic E-state index is 12.7. The van der Waals surface area contributed by atoms with Gasteiger partial charge < -0.3 is 14.8 Å². The van der Waals surface area contributed by atoms with Crippen LogP contribution in [0.5, 0.6) is 5.75 Å². The smallest absolute Gasteiger partial charge is 0.268 e. The van der Waals surface area contributed by atoms with Crippen LogP contribution < -0.4 is 15.0 Å². The number of rotatable bonds is 5. The molecule has 148 valence electrons. The van der Waals surface area contributed by atoms with E-state index >= 15 is 0 Å². The third-order valence-corrected chi connectivity index (χ3v) is 5.71. The fourth-order valence-corrected chi connectivity index (χ4v) is 4.08. The number of carbonyl (C=O) groups excluding carboxylic acids is 2. The zero-order valence-corrected chi connectivity index (χ0v) is 16.8. The number of fused-ring (bicyclic) bond motifs is 1. The molecule has 1 aromatic heterocycles. The molecule has 0 aliphatic carbocycles. The van der Waals surface area contributed by atoms with Gasteiger partial charge in [0.05, 0.1) is 22.5 Å². The molecule has 1 N–H and O–H groups in total. The fraction of sp³-hybridized carbons (Fsp3) is 0.450. The van der Waals surface area contributed by atoms with Gasteiger partial charge >= 0.3 is 0 Å². The number of benzene rings is 1. The van der Waals surface area contributed by atoms with Crippen LogP contribution in [-0.4, -0.2) is 48.7 Å². The highest BCUT2D eigenvalue weighted by atomic mass is 32.1. The van der Waals surface area contributed by atoms with Crippen LogP contribution in [0.15, 0.2) is 23.6 Å². The lowest BCUT2D eigenvalue weighted by Crippen LogP contribution is -2.49. The molecule has 8 heteroatoms. The Morgan fingerprint density at radius 2 is 2.29 bits per heavy atom. The SMILES string of the molecule is Cc1nc(-c2ccc3c(c2)N(CC(=O)NCC2CCCO2)C(=O)C(C)O3)cs1. The molecule has 3 heterocycles. The molecule has 0 radical (unpaired) electrons. The van der Waals surface area contributed by atoms with E-state index in [1.807, 2.05) is 30.5 Å². The van der Waals surface area contributed by atoms with Crippen molar-refractivity contribution in [3.05, 3.63) is 28.6 Å². The number of amides is 2. The van der Waals surface area contributed by atoms with Gasteiger partial charge in [-0.15, -0.1) is 11.3 Å². The Bertz CT molecular complexity index is 891. The van der Waals surface area contributed by atoms with E-state index in [2.05, 4.69) is 10.3 Å². The van der Waals surface area contributed by atoms with Gasteiger partial charge in [-0.25, -0.2) is 4.98 Å². The van der Waals surface area contributed by atoms with Gasteiger partial charge in [-0.3, -0.25) is 14.5 Å². The van der Waals surface area contributed by atoms with Crippen molar-refractivity contribution in [1.29, 1.82) is 0 Å². The van der Waals surface area contributed by atoms with E-state index < -0.39 is 6.10 Å². The Hall–Kier alpha value is -2.45. The number of hydrogen-bond donors (Lipinski definition) is 1. The molecule has 1 saturated heterocycles. The molecule has 2 atom stereocenters. The molecule has 2 aliphatic heterocycles. The van der Waals surface area contributed by atoms with E-state index in [0.29, 0.717) is 18.0 Å². The van der Waals surface area contributed by atoms with E-state index in [0.717, 1.165) is 35.7 Å². The predicted molar refractivity (Wildman–Crippen MR) is 107 cm³/mol. The molecular weight excluding hydrogens is 378 g/mol. The molecule has 1 fully saturated rings. The average Bonchev–Trinajstić information content (AvgIpc) is 3.35. The lowest BCUT2D eigenvalue weighted by molar-refractivity contribution is -0.128. The van der Waals surface area contributed by atoms with Gasteiger partial charge in [-0.2, -0.15) is 0 Å². The number of aryl methyl sites for hydroxylation is 1. The first-order chi connectivity index (χ1) is 13.5. The van der Waals surface area contributed by atoms with Crippen molar-refractivity contribution in [2.75, 3.05) is 24.6 Å². The standard InChI is InChI=1S/C20H23N3O4S/c1-12-20(25)23(10-19(24)21-9-15-4-3-7-26-15)17-8-14(5-6-18(17)27-12)16-11-28-13(2)22-16/h5-6,8,11-12,15H,3-4,7,9-10H2,1-2H3,(H,21,24). The van der Waals surface area contributed by atoms with Gasteiger partial charge in [0.25, 0.3) is 5.91 Å². The lowest BCUT2D eigenvalue weighted by Gasteiger charge is -2.33. The summed E-state index contributed by atoms with van der Waals surface area (Å²) in [5.74, 6) is 0.153. The van der Waals surface area contributed by atoms with Gasteiger partial charge in [0.15, 0.2) is 6.10 Å². The minimum atomic E-state index is -0.633. The van der Waals surface area contributed by atoms with Crippen molar-refractivity contribution in [3.8, 4) is 17.0 Å². The molecule has 7 nitrogen and oxygen atoms in total. The zero-order valence-electron chi connectivity index (χ0n) is 15.9. The topological polar surface area (TPSA) is 80.8 Å². The maximum Gasteiger partial charge on any atom is 0.268 e. The van der Waals surface area contributed by atoms with Crippen molar-refractivity contribution in [3.63, 3.8) is 0 Å². The first kappa shape index (κ1) is 18.9. The van der Waals surface area contributed by atoms with Crippen LogP contribution in [0.4, 0.5) is 5.69 Å². The molecule has 28 heavy (non-hydrogen) atoms. The predicted octanol–water partition coefficient (Wildman–Crippen LogP) is 2.53. The molecule has 0 saturated carbocycles. The quantitative estimate of drug-likeness (QED) is 0.833. The summed E-state index contributed by atoms with van der Waals surface area (Å²) in [6.07, 6.45) is 1.40. The lowest BCUT2D eigenvalue weighted by atomic mass is 10.1. The second-order valence-electron chi connectivity index (χ2n) is 7.06. The van der Waals surface area contributed by atoms with Crippen LogP contribution in [-0.2, 0) is 14.3 Å². The Morgan fingerprint density at radius 1 is 1.43 bits per heavy atom. The fourth-order valence-electron chi connectivity index (χ4n) is 3.46. The normalized spacial score (nSPS) is 21.4. The van der Waals surface area contributed by atoms with Gasteiger partial charge in [0, 0.05) is 24.1 Å². The molecule has 2 amide bonds. The first-order valence-corrected chi connectivity index (χ1v) is 10.3. The number of aromatic nitrogens is 1. The van der Waals surface area contributed by atoms with Crippen molar-refractivity contribution >= 4 is 28.8 Å². The summed E-state index contributed by atoms with van der Waals surface area (Å²) in [6.45, 7) is 4.81. The highest BCUT2D eigenvalue weighted by Gasteiger charge is 2.33. The van der Waals surface area contributed by atoms with Crippen LogP contribution in [0.2, 0.25) is 0 Å². The monoisotopic (exact) mass is 401 g/mol. The summed E-state index contributed by atoms with van der Waals surface area (Å²) < 4.78 is 11.3. The van der Waals surface area contributed by atoms with Gasteiger partial charge in [0.2, 0.25) is 5.91 Å². The first-order valence-electron chi connectivity index (χ1n) is 9.44. The van der Waals surface area contributed by atoms with Crippen molar-refractivity contribution in [1.82, 2.24) is 10.3 Å². The van der Waals surface area contributed by atoms with Crippen LogP contribution >= 0.6 is 11.3 Å². The summed E-state index contributed by atoms with van der Waals surface area (Å²) in [5, 5.41) is 5.83. The third kappa shape index (κ3) is 3.88. The molecule has 1 aromatic carbocycles. The van der Waals surface area contributed by atoms with Crippen LogP contribution in [0.3, 0.4) is 0 Å². The zero-order chi connectivity index (χ0) is 19.7. The molecule has 2 unspecified atom stereocenters. The summed E-state index contributed by atoms with van der Waals surface area (Å²) >= 11 is 1.57. The highest BCUT2D eigenvalue weighted by Crippen LogP contribution is 2.37. The number of thiazole rings is 1. The molecule has 2 aromatic rings. The molecule has 2 aliphatic rings. The minimum absolute atomic E-state index is 0.0498. The van der Waals surface area contributed by atoms with Gasteiger partial charge in [0.1, 0.15) is 12.3 Å². The maximum absolute atomic E-state index is 12.7. The summed E-state index contributed by atoms with van der Waals surface area (Å²) in [4.78, 5) is 31.2. The Morgan fingerprint density at radius 3 is 3.00 bits per heavy atom. The highest BCUT2D eigenvalue weighted by molar-refractivity contribution is 7.09. The summed E-state index contributed by atoms with van der Waals surface area (Å²) in [7, 11) is 0. The van der Waals surface area contributed by atoms with Crippen molar-refractivity contribution in [2.45, 2.75) is 38.9 Å². The van der Waals surface area contributed by atoms with Crippen molar-refractivity contribution in [2.24, 2.45) is 0 Å². The van der Waals surface area contributed by atoms with Gasteiger partial charge in [-0.1, -0.05) is 0 Å². The largest absolute Gasteiger partial charge is 0.479 e. The molecule has 0 spiro atoms. The Labute approximate surface area is 167 Å². The third-order valence-electron chi connectivity index (χ3n) is 4.93. The average molecular weight is 401 g/mol. The van der Waals surface area contributed by atoms with Crippen LogP contribution in [0, 0.1) is 6.92 Å². The number of ether oxygens (including phenoxy) is 2. The summed E-state index contributed by atoms with van der Waals surface area (Å²) in [6, 6.07) is 5.62. The second kappa shape index (κ2) is 7.89. The Kier molecular flexibility index (Phi) is 5.32. The number of nitrogens with one attached hydrogen (secondary N) is 1. The number of anilines is 1. The van der Waals surface area contributed by atoms with Crippen molar-refractivity contribution < 1.29 is 19.1 Å². The van der Waals surface area contributed by atoms with E-state index in [9.17, 15) is 9.59 Å². The number of carbonyl (C=O) groups is 2. The van der Waals surface area contributed by atoms with Gasteiger partial charge in [-0.05, 0) is 44.9 Å². The van der Waals surface area contributed by atoms with E-state index in [1.165, 1.54) is 4.90 Å². The molecule has 0 bridgehead atoms. The minimum Gasteiger partial charge on any atom is -0.479 e.